The van der Waals surface area contributed by atoms with E-state index in [0.717, 1.165) is 16.8 Å². The van der Waals surface area contributed by atoms with E-state index >= 15 is 0 Å². The van der Waals surface area contributed by atoms with Crippen molar-refractivity contribution in [2.24, 2.45) is 0 Å². The standard InChI is InChI=1S/C26H25N3O3/c1-17(2)32-21-10-8-20(9-11-21)23-24(28-22-7-5-4-6-18(22)3)26(31)29(25(23)30)16-19-12-14-27-15-13-19/h4-15,17,28H,16H2,1-3H3. The molecule has 0 spiro atoms. The summed E-state index contributed by atoms with van der Waals surface area (Å²) in [6.45, 7) is 6.04. The van der Waals surface area contributed by atoms with Crippen LogP contribution in [-0.2, 0) is 16.1 Å². The molecule has 0 atom stereocenters. The maximum absolute atomic E-state index is 13.4. The van der Waals surface area contributed by atoms with Gasteiger partial charge in [-0.25, -0.2) is 0 Å². The smallest absolute Gasteiger partial charge is 0.278 e. The number of amides is 2. The van der Waals surface area contributed by atoms with Crippen LogP contribution in [0, 0.1) is 6.92 Å². The number of para-hydroxylation sites is 1. The van der Waals surface area contributed by atoms with Crippen LogP contribution in [0.2, 0.25) is 0 Å². The molecule has 2 aromatic carbocycles. The fraction of sp³-hybridized carbons (Fsp3) is 0.192. The van der Waals surface area contributed by atoms with Gasteiger partial charge in [0.1, 0.15) is 11.4 Å². The van der Waals surface area contributed by atoms with Gasteiger partial charge in [-0.15, -0.1) is 0 Å². The van der Waals surface area contributed by atoms with Crippen molar-refractivity contribution in [3.63, 3.8) is 0 Å². The summed E-state index contributed by atoms with van der Waals surface area (Å²) < 4.78 is 5.72. The van der Waals surface area contributed by atoms with E-state index in [1.165, 1.54) is 4.90 Å². The van der Waals surface area contributed by atoms with Gasteiger partial charge < -0.3 is 10.1 Å². The third-order valence-corrected chi connectivity index (χ3v) is 5.18. The van der Waals surface area contributed by atoms with Crippen LogP contribution in [0.4, 0.5) is 5.69 Å². The van der Waals surface area contributed by atoms with Crippen molar-refractivity contribution in [2.75, 3.05) is 5.32 Å². The molecule has 0 aliphatic carbocycles. The van der Waals surface area contributed by atoms with Gasteiger partial charge in [0, 0.05) is 18.1 Å². The van der Waals surface area contributed by atoms with Crippen LogP contribution in [0.1, 0.15) is 30.5 Å². The largest absolute Gasteiger partial charge is 0.491 e. The highest BCUT2D eigenvalue weighted by atomic mass is 16.5. The first-order valence-corrected chi connectivity index (χ1v) is 10.5. The summed E-state index contributed by atoms with van der Waals surface area (Å²) in [5.74, 6) is 0.0242. The second-order valence-corrected chi connectivity index (χ2v) is 7.93. The number of carbonyl (C=O) groups excluding carboxylic acids is 2. The van der Waals surface area contributed by atoms with E-state index in [0.29, 0.717) is 16.9 Å². The Balaban J connectivity index is 1.73. The maximum atomic E-state index is 13.4. The molecule has 2 heterocycles. The van der Waals surface area contributed by atoms with Gasteiger partial charge >= 0.3 is 0 Å². The Labute approximate surface area is 187 Å². The van der Waals surface area contributed by atoms with Crippen LogP contribution in [0.15, 0.2) is 78.8 Å². The Kier molecular flexibility index (Phi) is 6.03. The Morgan fingerprint density at radius 2 is 1.62 bits per heavy atom. The molecule has 0 unspecified atom stereocenters. The number of ether oxygens (including phenoxy) is 1. The van der Waals surface area contributed by atoms with E-state index in [9.17, 15) is 9.59 Å². The minimum atomic E-state index is -0.354. The van der Waals surface area contributed by atoms with Crippen LogP contribution in [-0.4, -0.2) is 27.8 Å². The molecule has 6 nitrogen and oxygen atoms in total. The summed E-state index contributed by atoms with van der Waals surface area (Å²) in [5, 5.41) is 3.22. The lowest BCUT2D eigenvalue weighted by Crippen LogP contribution is -2.32. The molecule has 1 aliphatic heterocycles. The fourth-order valence-electron chi connectivity index (χ4n) is 3.59. The molecule has 3 aromatic rings. The molecular weight excluding hydrogens is 402 g/mol. The van der Waals surface area contributed by atoms with Crippen LogP contribution in [0.3, 0.4) is 0 Å². The third-order valence-electron chi connectivity index (χ3n) is 5.18. The Bertz CT molecular complexity index is 1170. The number of pyridine rings is 1. The number of aromatic nitrogens is 1. The number of aryl methyl sites for hydroxylation is 1. The second kappa shape index (κ2) is 9.06. The number of carbonyl (C=O) groups is 2. The van der Waals surface area contributed by atoms with Gasteiger partial charge in [0.2, 0.25) is 0 Å². The molecule has 0 bridgehead atoms. The number of hydrogen-bond donors (Lipinski definition) is 1. The number of benzene rings is 2. The van der Waals surface area contributed by atoms with E-state index in [1.807, 2.05) is 69.3 Å². The minimum Gasteiger partial charge on any atom is -0.491 e. The molecule has 2 amide bonds. The molecule has 4 rings (SSSR count). The molecular formula is C26H25N3O3. The first kappa shape index (κ1) is 21.3. The number of nitrogens with one attached hydrogen (secondary N) is 1. The minimum absolute atomic E-state index is 0.0453. The van der Waals surface area contributed by atoms with Gasteiger partial charge in [-0.05, 0) is 67.8 Å². The van der Waals surface area contributed by atoms with Gasteiger partial charge in [-0.1, -0.05) is 30.3 Å². The molecule has 0 radical (unpaired) electrons. The van der Waals surface area contributed by atoms with Crippen LogP contribution >= 0.6 is 0 Å². The van der Waals surface area contributed by atoms with Gasteiger partial charge in [0.15, 0.2) is 0 Å². The Hall–Kier alpha value is -3.93. The molecule has 32 heavy (non-hydrogen) atoms. The Morgan fingerprint density at radius 3 is 2.28 bits per heavy atom. The lowest BCUT2D eigenvalue weighted by molar-refractivity contribution is -0.137. The first-order valence-electron chi connectivity index (χ1n) is 10.5. The average Bonchev–Trinajstić information content (AvgIpc) is 3.00. The van der Waals surface area contributed by atoms with Crippen LogP contribution < -0.4 is 10.1 Å². The molecule has 1 N–H and O–H groups in total. The first-order chi connectivity index (χ1) is 15.4. The molecule has 0 saturated heterocycles. The number of anilines is 1. The van der Waals surface area contributed by atoms with Crippen molar-refractivity contribution < 1.29 is 14.3 Å². The summed E-state index contributed by atoms with van der Waals surface area (Å²) in [7, 11) is 0. The summed E-state index contributed by atoms with van der Waals surface area (Å²) in [4.78, 5) is 32.1. The second-order valence-electron chi connectivity index (χ2n) is 7.93. The number of imide groups is 1. The van der Waals surface area contributed by atoms with E-state index in [-0.39, 0.29) is 30.2 Å². The van der Waals surface area contributed by atoms with E-state index < -0.39 is 0 Å². The lowest BCUT2D eigenvalue weighted by atomic mass is 10.0. The highest BCUT2D eigenvalue weighted by Gasteiger charge is 2.39. The van der Waals surface area contributed by atoms with Gasteiger partial charge in [-0.3, -0.25) is 19.5 Å². The molecule has 6 heteroatoms. The molecule has 1 aromatic heterocycles. The zero-order valence-electron chi connectivity index (χ0n) is 18.3. The number of nitrogens with zero attached hydrogens (tertiary/aromatic N) is 2. The molecule has 162 valence electrons. The topological polar surface area (TPSA) is 71.5 Å². The summed E-state index contributed by atoms with van der Waals surface area (Å²) in [6.07, 6.45) is 3.34. The molecule has 0 saturated carbocycles. The highest BCUT2D eigenvalue weighted by molar-refractivity contribution is 6.36. The van der Waals surface area contributed by atoms with E-state index in [4.69, 9.17) is 4.74 Å². The summed E-state index contributed by atoms with van der Waals surface area (Å²) in [5.41, 5.74) is 3.88. The Morgan fingerprint density at radius 1 is 0.938 bits per heavy atom. The van der Waals surface area contributed by atoms with Crippen LogP contribution in [0.5, 0.6) is 5.75 Å². The predicted molar refractivity (Wildman–Crippen MR) is 124 cm³/mol. The summed E-state index contributed by atoms with van der Waals surface area (Å²) >= 11 is 0. The predicted octanol–water partition coefficient (Wildman–Crippen LogP) is 4.57. The van der Waals surface area contributed by atoms with Gasteiger partial charge in [-0.2, -0.15) is 0 Å². The zero-order valence-corrected chi connectivity index (χ0v) is 18.3. The highest BCUT2D eigenvalue weighted by Crippen LogP contribution is 2.33. The van der Waals surface area contributed by atoms with Crippen LogP contribution in [0.25, 0.3) is 5.57 Å². The molecule has 0 fully saturated rings. The summed E-state index contributed by atoms with van der Waals surface area (Å²) in [6, 6.07) is 18.5. The monoisotopic (exact) mass is 427 g/mol. The molecule has 1 aliphatic rings. The van der Waals surface area contributed by atoms with E-state index in [1.54, 1.807) is 24.5 Å². The van der Waals surface area contributed by atoms with Gasteiger partial charge in [0.05, 0.1) is 18.2 Å². The van der Waals surface area contributed by atoms with Crippen molar-refractivity contribution in [3.8, 4) is 5.75 Å². The lowest BCUT2D eigenvalue weighted by Gasteiger charge is -2.15. The number of rotatable bonds is 7. The average molecular weight is 428 g/mol. The zero-order chi connectivity index (χ0) is 22.7. The normalized spacial score (nSPS) is 13.8. The van der Waals surface area contributed by atoms with Crippen molar-refractivity contribution >= 4 is 23.1 Å². The van der Waals surface area contributed by atoms with Crippen molar-refractivity contribution in [1.82, 2.24) is 9.88 Å². The quantitative estimate of drug-likeness (QED) is 0.559. The van der Waals surface area contributed by atoms with Gasteiger partial charge in [0.25, 0.3) is 11.8 Å². The maximum Gasteiger partial charge on any atom is 0.278 e. The SMILES string of the molecule is Cc1ccccc1NC1=C(c2ccc(OC(C)C)cc2)C(=O)N(Cc2ccncc2)C1=O. The van der Waals surface area contributed by atoms with Crippen molar-refractivity contribution in [1.29, 1.82) is 0 Å². The van der Waals surface area contributed by atoms with Crippen molar-refractivity contribution in [2.45, 2.75) is 33.4 Å². The van der Waals surface area contributed by atoms with Crippen molar-refractivity contribution in [3.05, 3.63) is 95.4 Å². The van der Waals surface area contributed by atoms with E-state index in [2.05, 4.69) is 10.3 Å². The third kappa shape index (κ3) is 4.39. The fourth-order valence-corrected chi connectivity index (χ4v) is 3.59. The number of hydrogen-bond acceptors (Lipinski definition) is 5.